The Morgan fingerprint density at radius 3 is 2.89 bits per heavy atom. The van der Waals surface area contributed by atoms with Gasteiger partial charge in [0.2, 0.25) is 0 Å². The fourth-order valence-corrected chi connectivity index (χ4v) is 1.93. The van der Waals surface area contributed by atoms with Crippen LogP contribution in [0.3, 0.4) is 0 Å². The Bertz CT molecular complexity index is 537. The number of hydrogen-bond acceptors (Lipinski definition) is 2. The first-order chi connectivity index (χ1) is 8.56. The van der Waals surface area contributed by atoms with Crippen LogP contribution < -0.4 is 5.32 Å². The Balaban J connectivity index is 2.16. The smallest absolute Gasteiger partial charge is 0.137 e. The molecule has 18 heavy (non-hydrogen) atoms. The zero-order chi connectivity index (χ0) is 13.1. The summed E-state index contributed by atoms with van der Waals surface area (Å²) in [6.07, 6.45) is 1.79. The maximum absolute atomic E-state index is 13.1. The molecular weight excluding hydrogens is 297 g/mol. The van der Waals surface area contributed by atoms with E-state index in [1.54, 1.807) is 18.3 Å². The van der Waals surface area contributed by atoms with E-state index in [1.807, 2.05) is 0 Å². The largest absolute Gasteiger partial charge is 0.341 e. The molecule has 0 amide bonds. The Labute approximate surface area is 114 Å². The molecule has 2 rings (SSSR count). The lowest BCUT2D eigenvalue weighted by molar-refractivity contribution is 0.583. The molecule has 96 valence electrons. The minimum Gasteiger partial charge on any atom is -0.341 e. The molecule has 0 atom stereocenters. The highest BCUT2D eigenvalue weighted by Crippen LogP contribution is 2.23. The van der Waals surface area contributed by atoms with Crippen molar-refractivity contribution in [1.29, 1.82) is 0 Å². The third-order valence-electron chi connectivity index (χ3n) is 2.52. The first kappa shape index (κ1) is 13.2. The summed E-state index contributed by atoms with van der Waals surface area (Å²) in [5.74, 6) is 0.475. The lowest BCUT2D eigenvalue weighted by Gasteiger charge is -2.05. The number of halogens is 2. The van der Waals surface area contributed by atoms with Gasteiger partial charge < -0.3 is 10.3 Å². The average molecular weight is 312 g/mol. The summed E-state index contributed by atoms with van der Waals surface area (Å²) in [7, 11) is 0. The fraction of sp³-hybridized carbons (Fsp3) is 0.308. The van der Waals surface area contributed by atoms with Crippen molar-refractivity contribution in [3.8, 4) is 11.4 Å². The predicted octanol–water partition coefficient (Wildman–Crippen LogP) is 3.48. The van der Waals surface area contributed by atoms with Crippen molar-refractivity contribution < 1.29 is 4.39 Å². The summed E-state index contributed by atoms with van der Waals surface area (Å²) in [4.78, 5) is 7.51. The van der Waals surface area contributed by atoms with Gasteiger partial charge in [0.05, 0.1) is 4.47 Å². The van der Waals surface area contributed by atoms with Crippen LogP contribution in [-0.4, -0.2) is 16.0 Å². The Kier molecular flexibility index (Phi) is 4.14. The van der Waals surface area contributed by atoms with Gasteiger partial charge in [-0.2, -0.15) is 0 Å². The number of rotatable bonds is 4. The summed E-state index contributed by atoms with van der Waals surface area (Å²) in [6.45, 7) is 4.93. The van der Waals surface area contributed by atoms with Crippen LogP contribution in [0.1, 0.15) is 19.5 Å². The first-order valence-corrected chi connectivity index (χ1v) is 6.58. The normalized spacial score (nSPS) is 11.2. The van der Waals surface area contributed by atoms with E-state index in [0.717, 1.165) is 23.6 Å². The molecule has 0 aliphatic carbocycles. The van der Waals surface area contributed by atoms with E-state index in [1.165, 1.54) is 6.07 Å². The standard InChI is InChI=1S/C13H15BrFN3/c1-8(2)16-6-10-7-17-13(18-10)9-3-4-12(15)11(14)5-9/h3-5,7-8,16H,6H2,1-2H3,(H,17,18). The Morgan fingerprint density at radius 1 is 1.44 bits per heavy atom. The molecule has 0 radical (unpaired) electrons. The van der Waals surface area contributed by atoms with Gasteiger partial charge in [0.1, 0.15) is 11.6 Å². The van der Waals surface area contributed by atoms with Crippen LogP contribution in [-0.2, 0) is 6.54 Å². The van der Waals surface area contributed by atoms with Crippen LogP contribution in [0, 0.1) is 5.82 Å². The van der Waals surface area contributed by atoms with Gasteiger partial charge in [-0.05, 0) is 34.1 Å². The molecule has 0 aliphatic rings. The second-order valence-electron chi connectivity index (χ2n) is 4.42. The topological polar surface area (TPSA) is 40.7 Å². The molecule has 2 aromatic rings. The van der Waals surface area contributed by atoms with Gasteiger partial charge in [0.25, 0.3) is 0 Å². The molecule has 0 bridgehead atoms. The fourth-order valence-electron chi connectivity index (χ4n) is 1.55. The van der Waals surface area contributed by atoms with Crippen molar-refractivity contribution in [2.75, 3.05) is 0 Å². The number of imidazole rings is 1. The molecule has 1 heterocycles. The van der Waals surface area contributed by atoms with Gasteiger partial charge >= 0.3 is 0 Å². The van der Waals surface area contributed by atoms with Crippen LogP contribution in [0.25, 0.3) is 11.4 Å². The summed E-state index contributed by atoms with van der Waals surface area (Å²) >= 11 is 3.17. The van der Waals surface area contributed by atoms with E-state index in [-0.39, 0.29) is 5.82 Å². The van der Waals surface area contributed by atoms with Crippen molar-refractivity contribution in [1.82, 2.24) is 15.3 Å². The van der Waals surface area contributed by atoms with Crippen molar-refractivity contribution in [2.45, 2.75) is 26.4 Å². The van der Waals surface area contributed by atoms with Gasteiger partial charge in [-0.1, -0.05) is 13.8 Å². The number of H-pyrrole nitrogens is 1. The first-order valence-electron chi connectivity index (χ1n) is 5.79. The van der Waals surface area contributed by atoms with Crippen LogP contribution >= 0.6 is 15.9 Å². The van der Waals surface area contributed by atoms with E-state index in [4.69, 9.17) is 0 Å². The van der Waals surface area contributed by atoms with Crippen molar-refractivity contribution in [2.24, 2.45) is 0 Å². The van der Waals surface area contributed by atoms with Crippen LogP contribution in [0.15, 0.2) is 28.9 Å². The highest BCUT2D eigenvalue weighted by Gasteiger charge is 2.06. The molecule has 0 spiro atoms. The van der Waals surface area contributed by atoms with E-state index < -0.39 is 0 Å². The number of aromatic nitrogens is 2. The van der Waals surface area contributed by atoms with Gasteiger partial charge in [-0.15, -0.1) is 0 Å². The number of nitrogens with one attached hydrogen (secondary N) is 2. The van der Waals surface area contributed by atoms with Crippen LogP contribution in [0.2, 0.25) is 0 Å². The molecule has 0 unspecified atom stereocenters. The van der Waals surface area contributed by atoms with E-state index in [9.17, 15) is 4.39 Å². The van der Waals surface area contributed by atoms with Gasteiger partial charge in [-0.3, -0.25) is 0 Å². The molecule has 0 saturated heterocycles. The van der Waals surface area contributed by atoms with Crippen molar-refractivity contribution in [3.05, 3.63) is 40.4 Å². The molecule has 0 fully saturated rings. The Hall–Kier alpha value is -1.20. The number of hydrogen-bond donors (Lipinski definition) is 2. The van der Waals surface area contributed by atoms with Gasteiger partial charge in [0.15, 0.2) is 0 Å². The lowest BCUT2D eigenvalue weighted by atomic mass is 10.2. The SMILES string of the molecule is CC(C)NCc1cnc(-c2ccc(F)c(Br)c2)[nH]1. The van der Waals surface area contributed by atoms with Crippen molar-refractivity contribution in [3.63, 3.8) is 0 Å². The average Bonchev–Trinajstić information content (AvgIpc) is 2.79. The molecule has 0 saturated carbocycles. The molecule has 0 aliphatic heterocycles. The molecular formula is C13H15BrFN3. The highest BCUT2D eigenvalue weighted by atomic mass is 79.9. The minimum absolute atomic E-state index is 0.271. The van der Waals surface area contributed by atoms with Gasteiger partial charge in [0, 0.05) is 30.0 Å². The second-order valence-corrected chi connectivity index (χ2v) is 5.28. The molecule has 2 N–H and O–H groups in total. The zero-order valence-corrected chi connectivity index (χ0v) is 11.9. The highest BCUT2D eigenvalue weighted by molar-refractivity contribution is 9.10. The summed E-state index contributed by atoms with van der Waals surface area (Å²) in [5.41, 5.74) is 1.87. The maximum atomic E-state index is 13.1. The second kappa shape index (κ2) is 5.63. The maximum Gasteiger partial charge on any atom is 0.137 e. The van der Waals surface area contributed by atoms with Crippen molar-refractivity contribution >= 4 is 15.9 Å². The monoisotopic (exact) mass is 311 g/mol. The lowest BCUT2D eigenvalue weighted by Crippen LogP contribution is -2.21. The number of nitrogens with zero attached hydrogens (tertiary/aromatic N) is 1. The zero-order valence-electron chi connectivity index (χ0n) is 10.3. The van der Waals surface area contributed by atoms with E-state index in [0.29, 0.717) is 10.5 Å². The third-order valence-corrected chi connectivity index (χ3v) is 3.13. The molecule has 5 heteroatoms. The van der Waals surface area contributed by atoms with Crippen LogP contribution in [0.4, 0.5) is 4.39 Å². The van der Waals surface area contributed by atoms with E-state index >= 15 is 0 Å². The quantitative estimate of drug-likeness (QED) is 0.907. The van der Waals surface area contributed by atoms with Crippen LogP contribution in [0.5, 0.6) is 0 Å². The van der Waals surface area contributed by atoms with Gasteiger partial charge in [-0.25, -0.2) is 9.37 Å². The predicted molar refractivity (Wildman–Crippen MR) is 73.7 cm³/mol. The molecule has 3 nitrogen and oxygen atoms in total. The summed E-state index contributed by atoms with van der Waals surface area (Å²) < 4.78 is 13.6. The Morgan fingerprint density at radius 2 is 2.22 bits per heavy atom. The summed E-state index contributed by atoms with van der Waals surface area (Å²) in [5, 5.41) is 3.31. The molecule has 1 aromatic heterocycles. The number of benzene rings is 1. The molecule has 1 aromatic carbocycles. The summed E-state index contributed by atoms with van der Waals surface area (Å²) in [6, 6.07) is 5.28. The number of aromatic amines is 1. The third kappa shape index (κ3) is 3.17. The van der Waals surface area contributed by atoms with E-state index in [2.05, 4.69) is 45.1 Å². The minimum atomic E-state index is -0.271.